The Labute approximate surface area is 810 Å². The van der Waals surface area contributed by atoms with Gasteiger partial charge in [-0.2, -0.15) is 0 Å². The number of carboxylic acid groups (broad SMARTS) is 1. The number of anilines is 5. The number of benzene rings is 5. The van der Waals surface area contributed by atoms with Gasteiger partial charge in [0.2, 0.25) is 17.7 Å². The van der Waals surface area contributed by atoms with Crippen molar-refractivity contribution >= 4 is 133 Å². The molecule has 0 unspecified atom stereocenters. The summed E-state index contributed by atoms with van der Waals surface area (Å²) in [6, 6.07) is 60.5. The lowest BCUT2D eigenvalue weighted by Crippen LogP contribution is -3.00. The first-order chi connectivity index (χ1) is 64.0. The van der Waals surface area contributed by atoms with Gasteiger partial charge in [0.25, 0.3) is 0 Å². The normalized spacial score (nSPS) is 19.7. The number of carboxylic acids is 1. The van der Waals surface area contributed by atoms with Crippen LogP contribution in [0.15, 0.2) is 182 Å². The van der Waals surface area contributed by atoms with Crippen molar-refractivity contribution < 1.29 is 80.1 Å². The third-order valence-electron chi connectivity index (χ3n) is 26.8. The Morgan fingerprint density at radius 1 is 0.376 bits per heavy atom. The number of nitrogens with zero attached hydrogens (tertiary/aromatic N) is 5. The summed E-state index contributed by atoms with van der Waals surface area (Å²) in [6.45, 7) is 14.6. The number of carbonyl (C=O) groups is 8. The third-order valence-corrected chi connectivity index (χ3v) is 32.6. The maximum atomic E-state index is 14.0. The van der Waals surface area contributed by atoms with Crippen LogP contribution < -0.4 is 48.8 Å². The minimum absolute atomic E-state index is 0. The van der Waals surface area contributed by atoms with Crippen LogP contribution in [-0.2, 0) is 33.3 Å². The predicted octanol–water partition coefficient (Wildman–Crippen LogP) is 18.1. The third kappa shape index (κ3) is 26.8. The van der Waals surface area contributed by atoms with Crippen molar-refractivity contribution in [3.63, 3.8) is 0 Å². The number of nitrogens with one attached hydrogen (secondary N) is 2. The van der Waals surface area contributed by atoms with E-state index in [4.69, 9.17) is 19.9 Å². The van der Waals surface area contributed by atoms with Crippen molar-refractivity contribution in [3.05, 3.63) is 206 Å². The summed E-state index contributed by atoms with van der Waals surface area (Å²) < 4.78 is 19.9. The highest BCUT2D eigenvalue weighted by Gasteiger charge is 2.42. The second kappa shape index (κ2) is 50.1. The monoisotopic (exact) mass is 1920 g/mol. The number of hydrogen-bond acceptors (Lipinski definition) is 22. The molecule has 9 heterocycles. The van der Waals surface area contributed by atoms with Crippen LogP contribution in [0.25, 0.3) is 52.2 Å². The van der Waals surface area contributed by atoms with Gasteiger partial charge in [0.15, 0.2) is 0 Å². The van der Waals surface area contributed by atoms with Crippen LogP contribution in [0.1, 0.15) is 198 Å². The molecule has 0 radical (unpaired) electrons. The van der Waals surface area contributed by atoms with Gasteiger partial charge >= 0.3 is 29.8 Å². The molecule has 17 rings (SSSR count). The molecular formula is C105H130ClN9O13S5. The minimum atomic E-state index is -0.949. The van der Waals surface area contributed by atoms with E-state index in [1.54, 1.807) is 6.07 Å². The highest BCUT2D eigenvalue weighted by molar-refractivity contribution is 7.19. The molecule has 22 nitrogen and oxygen atoms in total. The Hall–Kier alpha value is -9.91. The van der Waals surface area contributed by atoms with Crippen LogP contribution in [0, 0.1) is 35.5 Å². The maximum Gasteiger partial charge on any atom is 0.350 e. The molecule has 7 fully saturated rings. The van der Waals surface area contributed by atoms with Gasteiger partial charge in [-0.3, -0.25) is 14.4 Å². The summed E-state index contributed by atoms with van der Waals surface area (Å²) >= 11 is 6.95. The number of piperidine rings is 4. The number of ether oxygens (including phenoxy) is 4. The molecule has 7 aliphatic rings. The predicted molar refractivity (Wildman–Crippen MR) is 537 cm³/mol. The fraction of sp³-hybridized carbons (Fsp3) is 0.448. The number of quaternary nitrogens is 1. The highest BCUT2D eigenvalue weighted by Crippen LogP contribution is 2.47. The molecule has 3 aliphatic carbocycles. The zero-order chi connectivity index (χ0) is 93.3. The SMILES string of the molecule is CC1CCC(C(=O)N(c2cc(-c3ccccc3)sc2C(=O)O)C2CC[NH2+]CC2)CC1.COC(=O)c1sc(-c2ccccc2)cc1N.COC(=O)c1sc(-c2ccccc2)cc1N(C(=O)C1CCC(C)CC1)C1CCN(C)CC1.COC(=O)c1sc(-c2ccccc2)cc1N(C(=O)C1CCC(C)CC1)C1CCNCC1.COC(=O)c1sc(-c2ccccc2)cc1NC1CCN(C)CC1.[Cl-]. The largest absolute Gasteiger partial charge is 1.00 e. The van der Waals surface area contributed by atoms with Gasteiger partial charge in [0.1, 0.15) is 24.4 Å². The molecule has 7 N–H and O–H groups in total. The lowest BCUT2D eigenvalue weighted by atomic mass is 9.82. The van der Waals surface area contributed by atoms with E-state index < -0.39 is 5.97 Å². The number of amides is 3. The molecule has 4 saturated heterocycles. The van der Waals surface area contributed by atoms with E-state index in [0.29, 0.717) is 54.7 Å². The van der Waals surface area contributed by atoms with Crippen LogP contribution in [-0.4, -0.2) is 182 Å². The molecule has 28 heteroatoms. The summed E-state index contributed by atoms with van der Waals surface area (Å²) in [5.41, 5.74) is 14.5. The van der Waals surface area contributed by atoms with Crippen LogP contribution in [0.4, 0.5) is 28.4 Å². The molecule has 0 atom stereocenters. The number of aromatic carboxylic acids is 1. The number of carbonyl (C=O) groups excluding carboxylic acids is 7. The lowest BCUT2D eigenvalue weighted by Gasteiger charge is -2.39. The van der Waals surface area contributed by atoms with Crippen LogP contribution in [0.5, 0.6) is 0 Å². The molecule has 5 aromatic carbocycles. The van der Waals surface area contributed by atoms with Gasteiger partial charge in [-0.05, 0) is 245 Å². The first kappa shape index (κ1) is 102. The van der Waals surface area contributed by atoms with Crippen molar-refractivity contribution in [2.75, 3.05) is 121 Å². The van der Waals surface area contributed by atoms with E-state index in [9.17, 15) is 43.5 Å². The standard InChI is InChI=1S/C26H34N2O3S.C25H32N2O3S.C24H30N2O3S.C18H22N2O2S.C12H11NO2S.ClH/c1-18-9-11-20(12-10-18)25(29)28(21-13-15-27(2)16-14-21)22-17-23(19-7-5-4-6-8-19)32-24(22)26(30)31-3;1-17-8-10-19(11-9-17)24(28)27(20-12-14-26-15-13-20)21-16-22(18-6-4-3-5-7-18)31-23(21)25(29)30-2;1-16-7-9-18(10-8-16)23(27)26(19-11-13-25-14-12-19)20-15-21(30-22(20)24(28)29)17-5-3-2-4-6-17;1-20-10-8-14(9-11-20)19-15-12-16(13-6-4-3-5-7-13)23-17(15)18(21)22-2;1-15-12(14)11-9(13)7-10(16-11)8-5-3-2-4-6-8;/h4-8,17-18,20-21H,9-16H2,1-3H3;3-7,16-17,19-20,26H,8-15H2,1-2H3;2-6,15-16,18-19,25H,7-14H2,1H3,(H,28,29);3-7,12,14,19H,8-11H2,1-2H3;2-7H,13H2,1H3;1H. The average molecular weight is 1920 g/mol. The smallest absolute Gasteiger partial charge is 0.350 e. The van der Waals surface area contributed by atoms with Crippen LogP contribution in [0.2, 0.25) is 0 Å². The fourth-order valence-corrected chi connectivity index (χ4v) is 24.1. The van der Waals surface area contributed by atoms with Gasteiger partial charge in [-0.15, -0.1) is 56.7 Å². The summed E-state index contributed by atoms with van der Waals surface area (Å²) in [6.07, 6.45) is 19.7. The van der Waals surface area contributed by atoms with Gasteiger partial charge < -0.3 is 82.6 Å². The molecule has 133 heavy (non-hydrogen) atoms. The first-order valence-electron chi connectivity index (χ1n) is 46.9. The van der Waals surface area contributed by atoms with Gasteiger partial charge in [-0.1, -0.05) is 172 Å². The zero-order valence-electron chi connectivity index (χ0n) is 78.0. The number of hydrogen-bond donors (Lipinski definition) is 5. The average Bonchev–Trinajstić information content (AvgIpc) is 1.64. The lowest BCUT2D eigenvalue weighted by molar-refractivity contribution is -0.662. The molecule has 3 saturated carbocycles. The van der Waals surface area contributed by atoms with Crippen molar-refractivity contribution in [1.82, 2.24) is 15.1 Å². The zero-order valence-corrected chi connectivity index (χ0v) is 82.9. The molecule has 710 valence electrons. The van der Waals surface area contributed by atoms with Gasteiger partial charge in [0.05, 0.1) is 70.0 Å². The number of esters is 4. The van der Waals surface area contributed by atoms with E-state index in [0.717, 1.165) is 250 Å². The summed E-state index contributed by atoms with van der Waals surface area (Å²) in [4.78, 5) is 121. The number of nitrogen functional groups attached to an aromatic ring is 1. The Morgan fingerprint density at radius 3 is 1.02 bits per heavy atom. The molecule has 0 spiro atoms. The van der Waals surface area contributed by atoms with E-state index >= 15 is 0 Å². The number of nitrogens with two attached hydrogens (primary N) is 2. The molecule has 0 bridgehead atoms. The summed E-state index contributed by atoms with van der Waals surface area (Å²) in [5, 5.41) is 19.2. The summed E-state index contributed by atoms with van der Waals surface area (Å²) in [5.74, 6) is 0.298. The first-order valence-corrected chi connectivity index (χ1v) is 51.0. The minimum Gasteiger partial charge on any atom is -1.00 e. The molecule has 5 aromatic heterocycles. The van der Waals surface area contributed by atoms with E-state index in [1.165, 1.54) is 85.1 Å². The maximum absolute atomic E-state index is 14.0. The van der Waals surface area contributed by atoms with Crippen LogP contribution >= 0.6 is 56.7 Å². The Morgan fingerprint density at radius 2 is 0.662 bits per heavy atom. The Balaban J connectivity index is 0.000000152. The van der Waals surface area contributed by atoms with Crippen molar-refractivity contribution in [1.29, 1.82) is 0 Å². The van der Waals surface area contributed by atoms with Crippen molar-refractivity contribution in [2.45, 2.75) is 173 Å². The Bertz CT molecular complexity index is 5410. The number of rotatable bonds is 21. The second-order valence-corrected chi connectivity index (χ2v) is 41.4. The van der Waals surface area contributed by atoms with Crippen LogP contribution in [0.3, 0.4) is 0 Å². The molecule has 3 amide bonds. The molecule has 4 aliphatic heterocycles. The van der Waals surface area contributed by atoms with Crippen molar-refractivity contribution in [2.24, 2.45) is 35.5 Å². The molecule has 10 aromatic rings. The topological polar surface area (TPSA) is 277 Å². The van der Waals surface area contributed by atoms with Gasteiger partial charge in [0, 0.05) is 79.1 Å². The quantitative estimate of drug-likeness (QED) is 0.0330. The van der Waals surface area contributed by atoms with E-state index in [-0.39, 0.29) is 94.8 Å². The number of halogens is 1. The number of methoxy groups -OCH3 is 4. The fourth-order valence-electron chi connectivity index (χ4n) is 18.9. The number of likely N-dealkylation sites (tertiary alicyclic amines) is 2. The highest BCUT2D eigenvalue weighted by atomic mass is 35.5. The second-order valence-electron chi connectivity index (χ2n) is 36.2. The van der Waals surface area contributed by atoms with E-state index in [2.05, 4.69) is 83.6 Å². The number of thiophene rings is 5. The van der Waals surface area contributed by atoms with Gasteiger partial charge in [-0.25, -0.2) is 24.0 Å². The van der Waals surface area contributed by atoms with E-state index in [1.807, 2.05) is 172 Å². The Kier molecular flexibility index (Phi) is 38.4. The summed E-state index contributed by atoms with van der Waals surface area (Å²) in [7, 11) is 9.88. The van der Waals surface area contributed by atoms with Crippen molar-refractivity contribution in [3.8, 4) is 52.2 Å². The molecular weight excluding hydrogens is 1790 g/mol.